The minimum Gasteiger partial charge on any atom is -0.497 e. The number of nitrogens with two attached hydrogens (primary N) is 2. The highest BCUT2D eigenvalue weighted by Gasteiger charge is 2.12. The van der Waals surface area contributed by atoms with Crippen molar-refractivity contribution in [2.24, 2.45) is 11.5 Å². The highest BCUT2D eigenvalue weighted by atomic mass is 32.1. The molecule has 0 bridgehead atoms. The Balaban J connectivity index is 1.87. The molecule has 2 aromatic rings. The van der Waals surface area contributed by atoms with Crippen LogP contribution >= 0.6 is 11.5 Å². The number of unbranched alkanes of at least 4 members (excludes halogenated alkanes) is 2. The van der Waals surface area contributed by atoms with Gasteiger partial charge in [-0.3, -0.25) is 0 Å². The van der Waals surface area contributed by atoms with Gasteiger partial charge in [0.05, 0.1) is 13.2 Å². The average Bonchev–Trinajstić information content (AvgIpc) is 3.01. The molecule has 0 aliphatic heterocycles. The second-order valence-electron chi connectivity index (χ2n) is 5.32. The van der Waals surface area contributed by atoms with Crippen LogP contribution in [0.15, 0.2) is 24.3 Å². The standard InChI is InChI=1S/C16H24N4OS/c1-21-13-8-6-12(7-9-13)11-15-19-16(22-20-15)14(18)5-3-2-4-10-17/h6-9,14H,2-5,10-11,17-18H2,1H3. The van der Waals surface area contributed by atoms with Gasteiger partial charge in [-0.15, -0.1) is 0 Å². The SMILES string of the molecule is COc1ccc(Cc2nsc(C(N)CCCCCN)n2)cc1. The summed E-state index contributed by atoms with van der Waals surface area (Å²) in [5, 5.41) is 0.927. The van der Waals surface area contributed by atoms with Crippen LogP contribution in [0.4, 0.5) is 0 Å². The van der Waals surface area contributed by atoms with Crippen LogP contribution in [0, 0.1) is 0 Å². The van der Waals surface area contributed by atoms with Gasteiger partial charge in [-0.25, -0.2) is 4.98 Å². The highest BCUT2D eigenvalue weighted by Crippen LogP contribution is 2.20. The molecule has 4 N–H and O–H groups in total. The molecule has 22 heavy (non-hydrogen) atoms. The van der Waals surface area contributed by atoms with Crippen LogP contribution in [-0.4, -0.2) is 23.0 Å². The topological polar surface area (TPSA) is 87.0 Å². The Kier molecular flexibility index (Phi) is 6.76. The van der Waals surface area contributed by atoms with E-state index in [4.69, 9.17) is 16.2 Å². The van der Waals surface area contributed by atoms with Gasteiger partial charge in [0, 0.05) is 6.42 Å². The summed E-state index contributed by atoms with van der Waals surface area (Å²) in [4.78, 5) is 4.57. The molecule has 2 rings (SSSR count). The largest absolute Gasteiger partial charge is 0.497 e. The van der Waals surface area contributed by atoms with E-state index in [0.717, 1.165) is 55.2 Å². The zero-order valence-corrected chi connectivity index (χ0v) is 13.8. The zero-order valence-electron chi connectivity index (χ0n) is 13.0. The first-order valence-corrected chi connectivity index (χ1v) is 8.41. The fourth-order valence-corrected chi connectivity index (χ4v) is 2.93. The van der Waals surface area contributed by atoms with Gasteiger partial charge >= 0.3 is 0 Å². The first kappa shape index (κ1) is 16.9. The molecule has 1 atom stereocenters. The summed E-state index contributed by atoms with van der Waals surface area (Å²) < 4.78 is 9.58. The van der Waals surface area contributed by atoms with Gasteiger partial charge in [-0.1, -0.05) is 25.0 Å². The normalized spacial score (nSPS) is 12.3. The van der Waals surface area contributed by atoms with Crippen molar-refractivity contribution in [1.82, 2.24) is 9.36 Å². The molecule has 0 saturated heterocycles. The minimum absolute atomic E-state index is 0.0140. The number of hydrogen-bond acceptors (Lipinski definition) is 6. The Bertz CT molecular complexity index is 556. The van der Waals surface area contributed by atoms with Crippen LogP contribution < -0.4 is 16.2 Å². The molecule has 120 valence electrons. The van der Waals surface area contributed by atoms with Crippen LogP contribution in [0.2, 0.25) is 0 Å². The fourth-order valence-electron chi connectivity index (χ4n) is 2.22. The van der Waals surface area contributed by atoms with Crippen LogP contribution in [0.3, 0.4) is 0 Å². The van der Waals surface area contributed by atoms with Crippen LogP contribution in [-0.2, 0) is 6.42 Å². The van der Waals surface area contributed by atoms with Gasteiger partial charge < -0.3 is 16.2 Å². The van der Waals surface area contributed by atoms with Crippen molar-refractivity contribution in [2.45, 2.75) is 38.1 Å². The molecule has 1 aromatic heterocycles. The van der Waals surface area contributed by atoms with Crippen molar-refractivity contribution in [2.75, 3.05) is 13.7 Å². The van der Waals surface area contributed by atoms with Crippen molar-refractivity contribution in [3.05, 3.63) is 40.7 Å². The Hall–Kier alpha value is -1.50. The van der Waals surface area contributed by atoms with E-state index in [1.165, 1.54) is 17.1 Å². The van der Waals surface area contributed by atoms with E-state index in [0.29, 0.717) is 0 Å². The number of nitrogens with zero attached hydrogens (tertiary/aromatic N) is 2. The predicted molar refractivity (Wildman–Crippen MR) is 90.2 cm³/mol. The molecular formula is C16H24N4OS. The minimum atomic E-state index is -0.0140. The fraction of sp³-hybridized carbons (Fsp3) is 0.500. The molecule has 0 amide bonds. The van der Waals surface area contributed by atoms with Gasteiger partial charge in [0.15, 0.2) is 0 Å². The molecule has 1 unspecified atom stereocenters. The highest BCUT2D eigenvalue weighted by molar-refractivity contribution is 7.05. The number of benzene rings is 1. The Morgan fingerprint density at radius 2 is 1.95 bits per heavy atom. The second-order valence-corrected chi connectivity index (χ2v) is 6.10. The summed E-state index contributed by atoms with van der Waals surface area (Å²) in [5.41, 5.74) is 12.8. The van der Waals surface area contributed by atoms with Gasteiger partial charge in [-0.2, -0.15) is 4.37 Å². The van der Waals surface area contributed by atoms with Crippen molar-refractivity contribution < 1.29 is 4.74 Å². The second kappa shape index (κ2) is 8.82. The number of aromatic nitrogens is 2. The summed E-state index contributed by atoms with van der Waals surface area (Å²) in [6, 6.07) is 7.95. The van der Waals surface area contributed by atoms with E-state index in [2.05, 4.69) is 9.36 Å². The van der Waals surface area contributed by atoms with Crippen molar-refractivity contribution in [3.63, 3.8) is 0 Å². The van der Waals surface area contributed by atoms with E-state index in [1.54, 1.807) is 7.11 Å². The lowest BCUT2D eigenvalue weighted by atomic mass is 10.1. The summed E-state index contributed by atoms with van der Waals surface area (Å²) in [6.45, 7) is 0.750. The lowest BCUT2D eigenvalue weighted by Gasteiger charge is -2.06. The lowest BCUT2D eigenvalue weighted by Crippen LogP contribution is -2.10. The Morgan fingerprint density at radius 3 is 2.64 bits per heavy atom. The molecule has 0 radical (unpaired) electrons. The predicted octanol–water partition coefficient (Wildman–Crippen LogP) is 2.66. The quantitative estimate of drug-likeness (QED) is 0.694. The molecule has 0 aliphatic carbocycles. The van der Waals surface area contributed by atoms with Crippen LogP contribution in [0.1, 0.15) is 48.1 Å². The number of hydrogen-bond donors (Lipinski definition) is 2. The smallest absolute Gasteiger partial charge is 0.147 e. The van der Waals surface area contributed by atoms with Gasteiger partial charge in [-0.05, 0) is 48.6 Å². The molecule has 0 fully saturated rings. The third kappa shape index (κ3) is 5.05. The Morgan fingerprint density at radius 1 is 1.18 bits per heavy atom. The molecule has 6 heteroatoms. The third-order valence-corrected chi connectivity index (χ3v) is 4.42. The molecule has 0 saturated carbocycles. The molecular weight excluding hydrogens is 296 g/mol. The summed E-state index contributed by atoms with van der Waals surface area (Å²) in [5.74, 6) is 1.69. The maximum atomic E-state index is 6.18. The molecule has 5 nitrogen and oxygen atoms in total. The number of ether oxygens (including phenoxy) is 1. The molecule has 0 spiro atoms. The lowest BCUT2D eigenvalue weighted by molar-refractivity contribution is 0.414. The molecule has 0 aliphatic rings. The first-order valence-electron chi connectivity index (χ1n) is 7.64. The van der Waals surface area contributed by atoms with Crippen molar-refractivity contribution >= 4 is 11.5 Å². The van der Waals surface area contributed by atoms with Gasteiger partial charge in [0.2, 0.25) is 0 Å². The monoisotopic (exact) mass is 320 g/mol. The maximum Gasteiger partial charge on any atom is 0.147 e. The van der Waals surface area contributed by atoms with Crippen molar-refractivity contribution in [3.8, 4) is 5.75 Å². The first-order chi connectivity index (χ1) is 10.7. The molecule has 1 heterocycles. The summed E-state index contributed by atoms with van der Waals surface area (Å²) >= 11 is 1.41. The van der Waals surface area contributed by atoms with Gasteiger partial charge in [0.25, 0.3) is 0 Å². The Labute approximate surface area is 135 Å². The summed E-state index contributed by atoms with van der Waals surface area (Å²) in [7, 11) is 1.66. The van der Waals surface area contributed by atoms with E-state index in [9.17, 15) is 0 Å². The van der Waals surface area contributed by atoms with Gasteiger partial charge in [0.1, 0.15) is 16.6 Å². The molecule has 1 aromatic carbocycles. The van der Waals surface area contributed by atoms with Crippen LogP contribution in [0.5, 0.6) is 5.75 Å². The maximum absolute atomic E-state index is 6.18. The third-order valence-electron chi connectivity index (χ3n) is 3.54. The van der Waals surface area contributed by atoms with Crippen molar-refractivity contribution in [1.29, 1.82) is 0 Å². The van der Waals surface area contributed by atoms with E-state index in [-0.39, 0.29) is 6.04 Å². The van der Waals surface area contributed by atoms with Crippen LogP contribution in [0.25, 0.3) is 0 Å². The average molecular weight is 320 g/mol. The zero-order chi connectivity index (χ0) is 15.8. The number of methoxy groups -OCH3 is 1. The summed E-state index contributed by atoms with van der Waals surface area (Å²) in [6.07, 6.45) is 4.94. The van der Waals surface area contributed by atoms with E-state index >= 15 is 0 Å². The number of rotatable bonds is 9. The van der Waals surface area contributed by atoms with E-state index < -0.39 is 0 Å². The van der Waals surface area contributed by atoms with E-state index in [1.807, 2.05) is 24.3 Å².